The smallest absolute Gasteiger partial charge is 0.288 e. The Labute approximate surface area is 145 Å². The number of para-hydroxylation sites is 1. The highest BCUT2D eigenvalue weighted by Gasteiger charge is 2.54. The van der Waals surface area contributed by atoms with Crippen LogP contribution in [0, 0.1) is 0 Å². The average molecular weight is 363 g/mol. The summed E-state index contributed by atoms with van der Waals surface area (Å²) >= 11 is 6.05. The fourth-order valence-electron chi connectivity index (χ4n) is 3.52. The Balaban J connectivity index is 1.82. The van der Waals surface area contributed by atoms with Gasteiger partial charge in [-0.25, -0.2) is 13.2 Å². The van der Waals surface area contributed by atoms with Crippen LogP contribution in [0.25, 0.3) is 0 Å². The van der Waals surface area contributed by atoms with Gasteiger partial charge in [-0.15, -0.1) is 0 Å². The molecule has 0 N–H and O–H groups in total. The van der Waals surface area contributed by atoms with Gasteiger partial charge in [-0.1, -0.05) is 35.9 Å². The minimum atomic E-state index is -3.19. The SMILES string of the molecule is O=C1N(c2ccccc2)[C@H]2CS(=O)(=O)C[C@@H]2N1c1cccc(Cl)c1. The largest absolute Gasteiger partial charge is 0.329 e. The number of amides is 2. The molecule has 7 heteroatoms. The molecule has 2 amide bonds. The third kappa shape index (κ3) is 2.46. The van der Waals surface area contributed by atoms with Crippen molar-refractivity contribution in [2.75, 3.05) is 21.3 Å². The number of hydrogen-bond acceptors (Lipinski definition) is 3. The van der Waals surface area contributed by atoms with Crippen molar-refractivity contribution in [2.45, 2.75) is 12.1 Å². The van der Waals surface area contributed by atoms with Crippen LogP contribution in [0.2, 0.25) is 5.02 Å². The van der Waals surface area contributed by atoms with E-state index in [-0.39, 0.29) is 23.6 Å². The lowest BCUT2D eigenvalue weighted by molar-refractivity contribution is 0.255. The molecule has 2 aromatic carbocycles. The molecule has 2 aliphatic heterocycles. The van der Waals surface area contributed by atoms with Gasteiger partial charge in [0.15, 0.2) is 9.84 Å². The van der Waals surface area contributed by atoms with Crippen LogP contribution >= 0.6 is 11.6 Å². The van der Waals surface area contributed by atoms with Crippen LogP contribution in [0.3, 0.4) is 0 Å². The molecule has 2 aliphatic rings. The predicted octanol–water partition coefficient (Wildman–Crippen LogP) is 2.95. The summed E-state index contributed by atoms with van der Waals surface area (Å²) in [6.07, 6.45) is 0. The van der Waals surface area contributed by atoms with Gasteiger partial charge in [0.2, 0.25) is 0 Å². The first-order valence-electron chi connectivity index (χ1n) is 7.60. The van der Waals surface area contributed by atoms with Crippen LogP contribution in [0.4, 0.5) is 16.2 Å². The van der Waals surface area contributed by atoms with Crippen LogP contribution in [0.15, 0.2) is 54.6 Å². The Bertz CT molecular complexity index is 901. The van der Waals surface area contributed by atoms with Crippen molar-refractivity contribution in [1.82, 2.24) is 0 Å². The normalized spacial score (nSPS) is 25.1. The number of benzene rings is 2. The van der Waals surface area contributed by atoms with E-state index in [1.807, 2.05) is 30.3 Å². The fourth-order valence-corrected chi connectivity index (χ4v) is 5.63. The summed E-state index contributed by atoms with van der Waals surface area (Å²) in [7, 11) is -3.19. The molecule has 124 valence electrons. The summed E-state index contributed by atoms with van der Waals surface area (Å²) in [5.74, 6) is -0.0470. The average Bonchev–Trinajstić information content (AvgIpc) is 2.96. The van der Waals surface area contributed by atoms with E-state index in [9.17, 15) is 13.2 Å². The molecule has 2 saturated heterocycles. The lowest BCUT2D eigenvalue weighted by Crippen LogP contribution is -2.37. The highest BCUT2D eigenvalue weighted by Crippen LogP contribution is 2.38. The van der Waals surface area contributed by atoms with Crippen molar-refractivity contribution < 1.29 is 13.2 Å². The third-order valence-electron chi connectivity index (χ3n) is 4.49. The molecule has 0 saturated carbocycles. The second-order valence-electron chi connectivity index (χ2n) is 6.05. The maximum Gasteiger partial charge on any atom is 0.329 e. The molecule has 0 radical (unpaired) electrons. The number of nitrogens with zero attached hydrogens (tertiary/aromatic N) is 2. The van der Waals surface area contributed by atoms with Crippen molar-refractivity contribution in [2.24, 2.45) is 0 Å². The molecule has 0 spiro atoms. The number of rotatable bonds is 2. The Kier molecular flexibility index (Phi) is 3.54. The molecule has 0 aromatic heterocycles. The van der Waals surface area contributed by atoms with E-state index in [0.29, 0.717) is 16.4 Å². The molecule has 2 fully saturated rings. The Morgan fingerprint density at radius 3 is 2.08 bits per heavy atom. The van der Waals surface area contributed by atoms with E-state index >= 15 is 0 Å². The minimum absolute atomic E-state index is 0.0185. The van der Waals surface area contributed by atoms with Gasteiger partial charge in [0, 0.05) is 16.4 Å². The van der Waals surface area contributed by atoms with Crippen molar-refractivity contribution in [1.29, 1.82) is 0 Å². The van der Waals surface area contributed by atoms with Crippen molar-refractivity contribution in [3.63, 3.8) is 0 Å². The van der Waals surface area contributed by atoms with E-state index in [1.165, 1.54) is 0 Å². The van der Waals surface area contributed by atoms with Crippen LogP contribution in [-0.4, -0.2) is 38.0 Å². The molecule has 0 bridgehead atoms. The maximum atomic E-state index is 13.1. The summed E-state index contributed by atoms with van der Waals surface area (Å²) in [5.41, 5.74) is 1.33. The molecule has 2 heterocycles. The van der Waals surface area contributed by atoms with Gasteiger partial charge < -0.3 is 0 Å². The summed E-state index contributed by atoms with van der Waals surface area (Å²) in [6, 6.07) is 15.1. The standard InChI is InChI=1S/C17H15ClN2O3S/c18-12-5-4-8-14(9-12)20-16-11-24(22,23)10-15(16)19(17(20)21)13-6-2-1-3-7-13/h1-9,15-16H,10-11H2/t15-,16-/m0/s1. The second-order valence-corrected chi connectivity index (χ2v) is 8.64. The van der Waals surface area contributed by atoms with Crippen LogP contribution in [0.5, 0.6) is 0 Å². The second kappa shape index (κ2) is 5.50. The monoisotopic (exact) mass is 362 g/mol. The van der Waals surface area contributed by atoms with Gasteiger partial charge in [0.25, 0.3) is 0 Å². The van der Waals surface area contributed by atoms with Crippen LogP contribution in [0.1, 0.15) is 0 Å². The molecule has 2 atom stereocenters. The predicted molar refractivity (Wildman–Crippen MR) is 94.5 cm³/mol. The molecule has 5 nitrogen and oxygen atoms in total. The summed E-state index contributed by atoms with van der Waals surface area (Å²) in [5, 5.41) is 0.510. The van der Waals surface area contributed by atoms with Crippen molar-refractivity contribution in [3.05, 3.63) is 59.6 Å². The molecule has 24 heavy (non-hydrogen) atoms. The van der Waals surface area contributed by atoms with E-state index in [4.69, 9.17) is 11.6 Å². The van der Waals surface area contributed by atoms with Gasteiger partial charge in [-0.05, 0) is 30.3 Å². The molecular weight excluding hydrogens is 348 g/mol. The minimum Gasteiger partial charge on any atom is -0.288 e. The van der Waals surface area contributed by atoms with Gasteiger partial charge >= 0.3 is 6.03 Å². The molecular formula is C17H15ClN2O3S. The molecule has 4 rings (SSSR count). The molecule has 0 aliphatic carbocycles. The maximum absolute atomic E-state index is 13.1. The summed E-state index contributed by atoms with van der Waals surface area (Å²) in [4.78, 5) is 16.2. The summed E-state index contributed by atoms with van der Waals surface area (Å²) < 4.78 is 24.4. The zero-order valence-electron chi connectivity index (χ0n) is 12.7. The van der Waals surface area contributed by atoms with Gasteiger partial charge in [0.1, 0.15) is 0 Å². The number of carbonyl (C=O) groups excluding carboxylic acids is 1. The van der Waals surface area contributed by atoms with Crippen LogP contribution < -0.4 is 9.80 Å². The lowest BCUT2D eigenvalue weighted by atomic mass is 10.1. The molecule has 2 aromatic rings. The Morgan fingerprint density at radius 1 is 0.875 bits per heavy atom. The number of hydrogen-bond donors (Lipinski definition) is 0. The zero-order valence-corrected chi connectivity index (χ0v) is 14.2. The molecule has 0 unspecified atom stereocenters. The highest BCUT2D eigenvalue weighted by atomic mass is 35.5. The number of halogens is 1. The van der Waals surface area contributed by atoms with Crippen molar-refractivity contribution >= 4 is 38.8 Å². The third-order valence-corrected chi connectivity index (χ3v) is 6.42. The summed E-state index contributed by atoms with van der Waals surface area (Å²) in [6.45, 7) is 0. The number of carbonyl (C=O) groups is 1. The zero-order chi connectivity index (χ0) is 16.9. The van der Waals surface area contributed by atoms with E-state index in [0.717, 1.165) is 0 Å². The van der Waals surface area contributed by atoms with Gasteiger partial charge in [0.05, 0.1) is 23.6 Å². The number of urea groups is 1. The van der Waals surface area contributed by atoms with Crippen molar-refractivity contribution in [3.8, 4) is 0 Å². The van der Waals surface area contributed by atoms with E-state index in [1.54, 1.807) is 34.1 Å². The highest BCUT2D eigenvalue weighted by molar-refractivity contribution is 7.91. The lowest BCUT2D eigenvalue weighted by Gasteiger charge is -2.22. The fraction of sp³-hybridized carbons (Fsp3) is 0.235. The van der Waals surface area contributed by atoms with E-state index < -0.39 is 15.9 Å². The Hall–Kier alpha value is -2.05. The number of sulfone groups is 1. The van der Waals surface area contributed by atoms with Gasteiger partial charge in [-0.3, -0.25) is 9.80 Å². The number of fused-ring (bicyclic) bond motifs is 1. The Morgan fingerprint density at radius 2 is 1.46 bits per heavy atom. The first-order valence-corrected chi connectivity index (χ1v) is 9.80. The quantitative estimate of drug-likeness (QED) is 0.772. The number of anilines is 2. The van der Waals surface area contributed by atoms with Crippen LogP contribution in [-0.2, 0) is 9.84 Å². The van der Waals surface area contributed by atoms with Gasteiger partial charge in [-0.2, -0.15) is 0 Å². The first kappa shape index (κ1) is 15.5. The first-order chi connectivity index (χ1) is 11.5. The topological polar surface area (TPSA) is 57.7 Å². The van der Waals surface area contributed by atoms with E-state index in [2.05, 4.69) is 0 Å².